The predicted octanol–water partition coefficient (Wildman–Crippen LogP) is 4.60. The molecule has 3 rings (SSSR count). The zero-order valence-corrected chi connectivity index (χ0v) is 16.1. The Balaban J connectivity index is 1.54. The molecule has 2 aliphatic rings. The molecular formula is C22H33NO3. The number of benzene rings is 1. The van der Waals surface area contributed by atoms with Crippen LogP contribution in [0.5, 0.6) is 0 Å². The molecule has 0 spiro atoms. The average Bonchev–Trinajstić information content (AvgIpc) is 2.64. The van der Waals surface area contributed by atoms with Crippen LogP contribution in [-0.2, 0) is 22.3 Å². The number of methoxy groups -OCH3 is 1. The fraction of sp³-hybridized carbons (Fsp3) is 0.682. The maximum Gasteiger partial charge on any atom is 0.407 e. The molecule has 26 heavy (non-hydrogen) atoms. The SMILES string of the molecule is COCCCCCC1CCc2cc([C@@H]3CCCOC(=O)NC3)ccc2C1. The fourth-order valence-corrected chi connectivity index (χ4v) is 4.35. The quantitative estimate of drug-likeness (QED) is 0.724. The number of rotatable bonds is 7. The van der Waals surface area contributed by atoms with Crippen molar-refractivity contribution in [3.8, 4) is 0 Å². The van der Waals surface area contributed by atoms with Crippen molar-refractivity contribution in [2.24, 2.45) is 5.92 Å². The van der Waals surface area contributed by atoms with Gasteiger partial charge in [-0.2, -0.15) is 0 Å². The van der Waals surface area contributed by atoms with Crippen molar-refractivity contribution >= 4 is 6.09 Å². The van der Waals surface area contributed by atoms with E-state index in [1.54, 1.807) is 12.7 Å². The molecule has 0 bridgehead atoms. The third kappa shape index (κ3) is 5.47. The standard InChI is InChI=1S/C22H33NO3/c1-25-12-4-2-3-6-17-8-9-19-15-20(11-10-18(19)14-17)21-7-5-13-26-22(24)23-16-21/h10-11,15,17,21H,2-9,12-14,16H2,1H3,(H,23,24)/t17?,21-/m1/s1. The van der Waals surface area contributed by atoms with Gasteiger partial charge in [-0.25, -0.2) is 4.79 Å². The van der Waals surface area contributed by atoms with E-state index in [-0.39, 0.29) is 6.09 Å². The number of aryl methyl sites for hydroxylation is 1. The number of carbonyl (C=O) groups excluding carboxylic acids is 1. The first-order valence-corrected chi connectivity index (χ1v) is 10.3. The van der Waals surface area contributed by atoms with Crippen LogP contribution >= 0.6 is 0 Å². The van der Waals surface area contributed by atoms with Crippen molar-refractivity contribution in [3.63, 3.8) is 0 Å². The van der Waals surface area contributed by atoms with E-state index in [1.807, 2.05) is 0 Å². The normalized spacial score (nSPS) is 23.3. The number of cyclic esters (lactones) is 1. The molecule has 1 aliphatic carbocycles. The van der Waals surface area contributed by atoms with Crippen LogP contribution in [0.2, 0.25) is 0 Å². The Bertz CT molecular complexity index is 587. The second-order valence-corrected chi connectivity index (χ2v) is 7.84. The van der Waals surface area contributed by atoms with E-state index in [4.69, 9.17) is 9.47 Å². The summed E-state index contributed by atoms with van der Waals surface area (Å²) in [5, 5.41) is 2.89. The van der Waals surface area contributed by atoms with E-state index in [9.17, 15) is 4.79 Å². The van der Waals surface area contributed by atoms with Crippen molar-refractivity contribution in [2.45, 2.75) is 63.7 Å². The van der Waals surface area contributed by atoms with Gasteiger partial charge in [-0.15, -0.1) is 0 Å². The molecule has 4 nitrogen and oxygen atoms in total. The molecule has 144 valence electrons. The number of nitrogens with one attached hydrogen (secondary N) is 1. The summed E-state index contributed by atoms with van der Waals surface area (Å²) in [6.45, 7) is 2.10. The molecule has 1 aromatic rings. The Kier molecular flexibility index (Phi) is 7.36. The number of fused-ring (bicyclic) bond motifs is 1. The van der Waals surface area contributed by atoms with Crippen LogP contribution in [-0.4, -0.2) is 33.0 Å². The van der Waals surface area contributed by atoms with Crippen molar-refractivity contribution in [2.75, 3.05) is 26.9 Å². The van der Waals surface area contributed by atoms with Gasteiger partial charge in [0.1, 0.15) is 0 Å². The number of ether oxygens (including phenoxy) is 2. The van der Waals surface area contributed by atoms with Crippen LogP contribution in [0.25, 0.3) is 0 Å². The molecule has 1 aliphatic heterocycles. The molecule has 0 aromatic heterocycles. The summed E-state index contributed by atoms with van der Waals surface area (Å²) in [7, 11) is 1.78. The van der Waals surface area contributed by atoms with Gasteiger partial charge in [0.05, 0.1) is 6.61 Å². The van der Waals surface area contributed by atoms with Gasteiger partial charge < -0.3 is 14.8 Å². The second-order valence-electron chi connectivity index (χ2n) is 7.84. The Hall–Kier alpha value is -1.55. The summed E-state index contributed by atoms with van der Waals surface area (Å²) >= 11 is 0. The van der Waals surface area contributed by atoms with Crippen molar-refractivity contribution < 1.29 is 14.3 Å². The zero-order valence-electron chi connectivity index (χ0n) is 16.1. The van der Waals surface area contributed by atoms with Gasteiger partial charge in [0, 0.05) is 26.2 Å². The third-order valence-electron chi connectivity index (χ3n) is 5.92. The van der Waals surface area contributed by atoms with Gasteiger partial charge in [0.2, 0.25) is 0 Å². The van der Waals surface area contributed by atoms with E-state index in [2.05, 4.69) is 23.5 Å². The highest BCUT2D eigenvalue weighted by Gasteiger charge is 2.21. The summed E-state index contributed by atoms with van der Waals surface area (Å²) in [5.74, 6) is 1.25. The topological polar surface area (TPSA) is 47.6 Å². The molecule has 1 aromatic carbocycles. The maximum atomic E-state index is 11.5. The number of hydrogen-bond acceptors (Lipinski definition) is 3. The van der Waals surface area contributed by atoms with Crippen LogP contribution in [0.1, 0.15) is 67.6 Å². The summed E-state index contributed by atoms with van der Waals surface area (Å²) in [5.41, 5.74) is 4.45. The molecule has 4 heteroatoms. The summed E-state index contributed by atoms with van der Waals surface area (Å²) < 4.78 is 10.2. The van der Waals surface area contributed by atoms with Crippen LogP contribution < -0.4 is 5.32 Å². The zero-order chi connectivity index (χ0) is 18.2. The van der Waals surface area contributed by atoms with E-state index >= 15 is 0 Å². The number of alkyl carbamates (subject to hydrolysis) is 1. The third-order valence-corrected chi connectivity index (χ3v) is 5.92. The Morgan fingerprint density at radius 1 is 1.19 bits per heavy atom. The van der Waals surface area contributed by atoms with Crippen LogP contribution in [0.15, 0.2) is 18.2 Å². The van der Waals surface area contributed by atoms with E-state index < -0.39 is 0 Å². The van der Waals surface area contributed by atoms with Crippen molar-refractivity contribution in [3.05, 3.63) is 34.9 Å². The second kappa shape index (κ2) is 9.96. The predicted molar refractivity (Wildman–Crippen MR) is 104 cm³/mol. The number of unbranched alkanes of at least 4 members (excludes halogenated alkanes) is 2. The minimum Gasteiger partial charge on any atom is -0.450 e. The summed E-state index contributed by atoms with van der Waals surface area (Å²) in [4.78, 5) is 11.5. The summed E-state index contributed by atoms with van der Waals surface area (Å²) in [6, 6.07) is 7.04. The molecule has 0 radical (unpaired) electrons. The van der Waals surface area contributed by atoms with Gasteiger partial charge >= 0.3 is 6.09 Å². The molecule has 0 saturated carbocycles. The van der Waals surface area contributed by atoms with Crippen molar-refractivity contribution in [1.82, 2.24) is 5.32 Å². The largest absolute Gasteiger partial charge is 0.450 e. The smallest absolute Gasteiger partial charge is 0.407 e. The molecule has 2 atom stereocenters. The fourth-order valence-electron chi connectivity index (χ4n) is 4.35. The summed E-state index contributed by atoms with van der Waals surface area (Å²) in [6.07, 6.45) is 10.6. The van der Waals surface area contributed by atoms with Crippen LogP contribution in [0.3, 0.4) is 0 Å². The number of amides is 1. The minimum atomic E-state index is -0.277. The van der Waals surface area contributed by atoms with Crippen LogP contribution in [0, 0.1) is 5.92 Å². The van der Waals surface area contributed by atoms with E-state index in [0.29, 0.717) is 19.1 Å². The van der Waals surface area contributed by atoms with Gasteiger partial charge in [-0.05, 0) is 61.1 Å². The van der Waals surface area contributed by atoms with Gasteiger partial charge in [0.25, 0.3) is 0 Å². The molecule has 1 N–H and O–H groups in total. The maximum absolute atomic E-state index is 11.5. The number of hydrogen-bond donors (Lipinski definition) is 1. The lowest BCUT2D eigenvalue weighted by Gasteiger charge is -2.27. The Labute approximate surface area is 157 Å². The lowest BCUT2D eigenvalue weighted by atomic mass is 9.79. The lowest BCUT2D eigenvalue weighted by Crippen LogP contribution is -2.31. The number of carbonyl (C=O) groups is 1. The Morgan fingerprint density at radius 3 is 3.00 bits per heavy atom. The van der Waals surface area contributed by atoms with Gasteiger partial charge in [0.15, 0.2) is 0 Å². The van der Waals surface area contributed by atoms with Gasteiger partial charge in [-0.3, -0.25) is 0 Å². The van der Waals surface area contributed by atoms with Crippen LogP contribution in [0.4, 0.5) is 4.79 Å². The van der Waals surface area contributed by atoms with Crippen molar-refractivity contribution in [1.29, 1.82) is 0 Å². The monoisotopic (exact) mass is 359 g/mol. The highest BCUT2D eigenvalue weighted by atomic mass is 16.5. The average molecular weight is 360 g/mol. The van der Waals surface area contributed by atoms with Gasteiger partial charge in [-0.1, -0.05) is 37.5 Å². The first-order chi connectivity index (χ1) is 12.8. The lowest BCUT2D eigenvalue weighted by molar-refractivity contribution is 0.136. The molecule has 1 amide bonds. The molecule has 1 fully saturated rings. The minimum absolute atomic E-state index is 0.277. The molecule has 1 unspecified atom stereocenters. The highest BCUT2D eigenvalue weighted by molar-refractivity contribution is 5.67. The molecule has 1 saturated heterocycles. The molecule has 1 heterocycles. The van der Waals surface area contributed by atoms with E-state index in [0.717, 1.165) is 25.4 Å². The molecular weight excluding hydrogens is 326 g/mol. The first kappa shape index (κ1) is 19.2. The first-order valence-electron chi connectivity index (χ1n) is 10.3. The highest BCUT2D eigenvalue weighted by Crippen LogP contribution is 2.32. The Morgan fingerprint density at radius 2 is 2.12 bits per heavy atom. The van der Waals surface area contributed by atoms with E-state index in [1.165, 1.54) is 56.1 Å².